The molecule has 5 heteroatoms. The number of aryl methyl sites for hydroxylation is 1. The van der Waals surface area contributed by atoms with E-state index in [0.29, 0.717) is 5.02 Å². The predicted octanol–water partition coefficient (Wildman–Crippen LogP) is 4.71. The van der Waals surface area contributed by atoms with Crippen molar-refractivity contribution in [2.45, 2.75) is 26.3 Å². The Morgan fingerprint density at radius 2 is 1.78 bits per heavy atom. The number of carbonyl (C=O) groups is 1. The van der Waals surface area contributed by atoms with Crippen molar-refractivity contribution in [2.75, 3.05) is 12.4 Å². The van der Waals surface area contributed by atoms with Crippen molar-refractivity contribution >= 4 is 23.3 Å². The number of rotatable bonds is 4. The number of ether oxygens (including phenoxy) is 1. The van der Waals surface area contributed by atoms with Crippen molar-refractivity contribution in [2.24, 2.45) is 0 Å². The Morgan fingerprint density at radius 3 is 2.35 bits per heavy atom. The highest BCUT2D eigenvalue weighted by atomic mass is 35.5. The molecule has 0 unspecified atom stereocenters. The molecule has 0 aliphatic heterocycles. The molecule has 2 rings (SSSR count). The van der Waals surface area contributed by atoms with Crippen LogP contribution in [0.5, 0.6) is 5.75 Å². The molecule has 2 aromatic carbocycles. The molecule has 122 valence electrons. The lowest BCUT2D eigenvalue weighted by atomic mass is 9.94. The fourth-order valence-electron chi connectivity index (χ4n) is 2.28. The van der Waals surface area contributed by atoms with Crippen LogP contribution in [0.4, 0.5) is 10.5 Å². The third kappa shape index (κ3) is 4.39. The number of hydrogen-bond acceptors (Lipinski definition) is 2. The molecule has 0 radical (unpaired) electrons. The van der Waals surface area contributed by atoms with Crippen molar-refractivity contribution in [3.63, 3.8) is 0 Å². The van der Waals surface area contributed by atoms with Gasteiger partial charge >= 0.3 is 6.03 Å². The summed E-state index contributed by atoms with van der Waals surface area (Å²) in [4.78, 5) is 12.3. The van der Waals surface area contributed by atoms with Gasteiger partial charge in [0.05, 0.1) is 12.6 Å². The van der Waals surface area contributed by atoms with E-state index in [1.165, 1.54) is 0 Å². The maximum Gasteiger partial charge on any atom is 0.319 e. The molecule has 0 saturated carbocycles. The molecule has 0 atom stereocenters. The lowest BCUT2D eigenvalue weighted by Crippen LogP contribution is -2.43. The largest absolute Gasteiger partial charge is 0.497 e. The average Bonchev–Trinajstić information content (AvgIpc) is 2.49. The normalized spacial score (nSPS) is 11.0. The van der Waals surface area contributed by atoms with Crippen molar-refractivity contribution < 1.29 is 9.53 Å². The topological polar surface area (TPSA) is 50.4 Å². The predicted molar refractivity (Wildman–Crippen MR) is 94.4 cm³/mol. The molecule has 2 amide bonds. The van der Waals surface area contributed by atoms with E-state index in [1.54, 1.807) is 19.2 Å². The second kappa shape index (κ2) is 6.92. The molecule has 4 nitrogen and oxygen atoms in total. The lowest BCUT2D eigenvalue weighted by Gasteiger charge is -2.27. The first-order valence-corrected chi connectivity index (χ1v) is 7.69. The summed E-state index contributed by atoms with van der Waals surface area (Å²) in [6.07, 6.45) is 0. The number of benzene rings is 2. The van der Waals surface area contributed by atoms with Gasteiger partial charge in [-0.1, -0.05) is 23.7 Å². The number of halogens is 1. The number of carbonyl (C=O) groups excluding carboxylic acids is 1. The monoisotopic (exact) mass is 332 g/mol. The van der Waals surface area contributed by atoms with Crippen LogP contribution < -0.4 is 15.4 Å². The van der Waals surface area contributed by atoms with Gasteiger partial charge < -0.3 is 15.4 Å². The lowest BCUT2D eigenvalue weighted by molar-refractivity contribution is 0.242. The van der Waals surface area contributed by atoms with Crippen LogP contribution >= 0.6 is 11.6 Å². The fraction of sp³-hybridized carbons (Fsp3) is 0.278. The standard InChI is InChI=1S/C18H21ClN2O2/c1-12-11-14(19)7-10-16(12)20-17(22)21-18(2,3)13-5-8-15(23-4)9-6-13/h5-11H,1-4H3,(H2,20,21,22). The van der Waals surface area contributed by atoms with Crippen LogP contribution in [0.15, 0.2) is 42.5 Å². The fourth-order valence-corrected chi connectivity index (χ4v) is 2.51. The summed E-state index contributed by atoms with van der Waals surface area (Å²) in [5, 5.41) is 6.47. The number of amides is 2. The third-order valence-electron chi connectivity index (χ3n) is 3.67. The third-order valence-corrected chi connectivity index (χ3v) is 3.91. The molecule has 23 heavy (non-hydrogen) atoms. The molecule has 2 aromatic rings. The summed E-state index contributed by atoms with van der Waals surface area (Å²) < 4.78 is 5.15. The van der Waals surface area contributed by atoms with Crippen molar-refractivity contribution in [1.29, 1.82) is 0 Å². The van der Waals surface area contributed by atoms with Crippen molar-refractivity contribution in [3.8, 4) is 5.75 Å². The number of methoxy groups -OCH3 is 1. The SMILES string of the molecule is COc1ccc(C(C)(C)NC(=O)Nc2ccc(Cl)cc2C)cc1. The van der Waals surface area contributed by atoms with E-state index < -0.39 is 5.54 Å². The van der Waals surface area contributed by atoms with Crippen LogP contribution in [0.3, 0.4) is 0 Å². The van der Waals surface area contributed by atoms with Crippen LogP contribution in [0.1, 0.15) is 25.0 Å². The second-order valence-corrected chi connectivity index (χ2v) is 6.33. The molecule has 0 aliphatic rings. The molecule has 0 heterocycles. The van der Waals surface area contributed by atoms with E-state index in [9.17, 15) is 4.79 Å². The van der Waals surface area contributed by atoms with E-state index >= 15 is 0 Å². The number of nitrogens with one attached hydrogen (secondary N) is 2. The highest BCUT2D eigenvalue weighted by Gasteiger charge is 2.23. The first-order valence-electron chi connectivity index (χ1n) is 7.31. The van der Waals surface area contributed by atoms with E-state index in [1.807, 2.05) is 51.1 Å². The Morgan fingerprint density at radius 1 is 1.13 bits per heavy atom. The van der Waals surface area contributed by atoms with Gasteiger partial charge in [-0.15, -0.1) is 0 Å². The number of anilines is 1. The van der Waals surface area contributed by atoms with Crippen LogP contribution in [-0.4, -0.2) is 13.1 Å². The average molecular weight is 333 g/mol. The Bertz CT molecular complexity index is 697. The highest BCUT2D eigenvalue weighted by molar-refractivity contribution is 6.30. The summed E-state index contributed by atoms with van der Waals surface area (Å²) in [7, 11) is 1.63. The van der Waals surface area contributed by atoms with Crippen LogP contribution in [0.2, 0.25) is 5.02 Å². The molecule has 2 N–H and O–H groups in total. The van der Waals surface area contributed by atoms with E-state index in [0.717, 1.165) is 22.6 Å². The van der Waals surface area contributed by atoms with Gasteiger partial charge in [-0.05, 0) is 62.2 Å². The van der Waals surface area contributed by atoms with Gasteiger partial charge in [-0.2, -0.15) is 0 Å². The summed E-state index contributed by atoms with van der Waals surface area (Å²) in [6, 6.07) is 12.7. The zero-order valence-electron chi connectivity index (χ0n) is 13.7. The summed E-state index contributed by atoms with van der Waals surface area (Å²) in [6.45, 7) is 5.79. The molecule has 0 fully saturated rings. The summed E-state index contributed by atoms with van der Waals surface area (Å²) in [5.74, 6) is 0.783. The summed E-state index contributed by atoms with van der Waals surface area (Å²) in [5.41, 5.74) is 2.12. The van der Waals surface area contributed by atoms with Gasteiger partial charge in [0, 0.05) is 10.7 Å². The van der Waals surface area contributed by atoms with E-state index in [4.69, 9.17) is 16.3 Å². The maximum atomic E-state index is 12.3. The Balaban J connectivity index is 2.08. The zero-order valence-corrected chi connectivity index (χ0v) is 14.5. The number of urea groups is 1. The number of hydrogen-bond donors (Lipinski definition) is 2. The second-order valence-electron chi connectivity index (χ2n) is 5.89. The minimum absolute atomic E-state index is 0.267. The molecule has 0 spiro atoms. The van der Waals surface area contributed by atoms with Gasteiger partial charge in [0.25, 0.3) is 0 Å². The highest BCUT2D eigenvalue weighted by Crippen LogP contribution is 2.24. The Hall–Kier alpha value is -2.20. The minimum Gasteiger partial charge on any atom is -0.497 e. The van der Waals surface area contributed by atoms with Crippen molar-refractivity contribution in [1.82, 2.24) is 5.32 Å². The van der Waals surface area contributed by atoms with Gasteiger partial charge in [-0.25, -0.2) is 4.79 Å². The maximum absolute atomic E-state index is 12.3. The van der Waals surface area contributed by atoms with Gasteiger partial charge in [0.1, 0.15) is 5.75 Å². The first-order chi connectivity index (χ1) is 10.8. The first kappa shape index (κ1) is 17.2. The molecular weight excluding hydrogens is 312 g/mol. The van der Waals surface area contributed by atoms with Crippen LogP contribution in [0.25, 0.3) is 0 Å². The molecule has 0 saturated heterocycles. The molecule has 0 bridgehead atoms. The Labute approximate surface area is 141 Å². The molecular formula is C18H21ClN2O2. The van der Waals surface area contributed by atoms with Gasteiger partial charge in [0.15, 0.2) is 0 Å². The van der Waals surface area contributed by atoms with Crippen LogP contribution in [0, 0.1) is 6.92 Å². The van der Waals surface area contributed by atoms with E-state index in [-0.39, 0.29) is 6.03 Å². The molecule has 0 aromatic heterocycles. The quantitative estimate of drug-likeness (QED) is 0.851. The van der Waals surface area contributed by atoms with Crippen molar-refractivity contribution in [3.05, 3.63) is 58.6 Å². The van der Waals surface area contributed by atoms with E-state index in [2.05, 4.69) is 10.6 Å². The molecule has 0 aliphatic carbocycles. The Kier molecular flexibility index (Phi) is 5.16. The van der Waals surface area contributed by atoms with Gasteiger partial charge in [-0.3, -0.25) is 0 Å². The minimum atomic E-state index is -0.517. The van der Waals surface area contributed by atoms with Gasteiger partial charge in [0.2, 0.25) is 0 Å². The zero-order chi connectivity index (χ0) is 17.0. The smallest absolute Gasteiger partial charge is 0.319 e. The summed E-state index contributed by atoms with van der Waals surface area (Å²) >= 11 is 5.93. The van der Waals surface area contributed by atoms with Crippen LogP contribution in [-0.2, 0) is 5.54 Å².